The number of benzene rings is 3. The van der Waals surface area contributed by atoms with Crippen molar-refractivity contribution >= 4 is 23.9 Å². The van der Waals surface area contributed by atoms with E-state index in [0.717, 1.165) is 0 Å². The Morgan fingerprint density at radius 3 is 0.900 bits per heavy atom. The van der Waals surface area contributed by atoms with E-state index in [0.29, 0.717) is 6.08 Å². The van der Waals surface area contributed by atoms with E-state index < -0.39 is 124 Å². The first-order chi connectivity index (χ1) is 18.6. The maximum absolute atomic E-state index is 15.2. The van der Waals surface area contributed by atoms with E-state index in [2.05, 4.69) is 0 Å². The van der Waals surface area contributed by atoms with Crippen LogP contribution in [-0.4, -0.2) is 14.9 Å². The van der Waals surface area contributed by atoms with Gasteiger partial charge in [-0.25, -0.2) is 65.9 Å². The SMILES string of the molecule is Fc1c(F)c(F)c([Si](OC2=CCCO2)(c2c(F)c(F)c(F)c(F)c2F)c2c(F)c(F)c(F)c(F)c2F)c(F)c1F. The van der Waals surface area contributed by atoms with Gasteiger partial charge in [-0.15, -0.1) is 0 Å². The summed E-state index contributed by atoms with van der Waals surface area (Å²) in [7, 11) is -7.40. The molecule has 1 heterocycles. The molecule has 3 aromatic rings. The molecule has 0 radical (unpaired) electrons. The van der Waals surface area contributed by atoms with Gasteiger partial charge in [-0.3, -0.25) is 0 Å². The molecule has 2 nitrogen and oxygen atoms in total. The standard InChI is InChI=1S/C22H5F15O2Si/c23-5-8(26)14(32)20(15(33)9(5)27)40(39-4-2-1-3-38-4,21-16(34)10(28)6(24)11(29)17(21)35)22-18(36)12(30)7(25)13(31)19(22)37/h2H,1,3H2. The van der Waals surface area contributed by atoms with Gasteiger partial charge in [0.25, 0.3) is 5.95 Å². The Hall–Kier alpha value is -3.83. The first kappa shape index (κ1) is 29.2. The Kier molecular flexibility index (Phi) is 7.27. The second-order valence-corrected chi connectivity index (χ2v) is 10.8. The monoisotopic (exact) mass is 614 g/mol. The van der Waals surface area contributed by atoms with Crippen LogP contribution in [0.2, 0.25) is 0 Å². The van der Waals surface area contributed by atoms with Gasteiger partial charge in [-0.2, -0.15) is 0 Å². The number of halogens is 15. The lowest BCUT2D eigenvalue weighted by Gasteiger charge is -2.34. The van der Waals surface area contributed by atoms with Crippen LogP contribution in [0.3, 0.4) is 0 Å². The van der Waals surface area contributed by atoms with E-state index in [1.165, 1.54) is 0 Å². The van der Waals surface area contributed by atoms with Crippen LogP contribution in [0.1, 0.15) is 6.42 Å². The van der Waals surface area contributed by atoms with Crippen molar-refractivity contribution < 1.29 is 75.0 Å². The molecule has 3 aromatic carbocycles. The van der Waals surface area contributed by atoms with E-state index in [1.807, 2.05) is 0 Å². The van der Waals surface area contributed by atoms with Crippen LogP contribution in [0.25, 0.3) is 0 Å². The molecule has 40 heavy (non-hydrogen) atoms. The summed E-state index contributed by atoms with van der Waals surface area (Å²) in [6, 6.07) is 0. The molecule has 0 unspecified atom stereocenters. The summed E-state index contributed by atoms with van der Waals surface area (Å²) in [6.45, 7) is -0.509. The second-order valence-electron chi connectivity index (χ2n) is 7.78. The Labute approximate surface area is 212 Å². The molecular weight excluding hydrogens is 609 g/mol. The Bertz CT molecular complexity index is 1370. The molecule has 4 rings (SSSR count). The molecule has 0 spiro atoms. The molecule has 0 saturated heterocycles. The van der Waals surface area contributed by atoms with Crippen LogP contribution in [0.5, 0.6) is 0 Å². The molecule has 0 atom stereocenters. The molecule has 0 fully saturated rings. The maximum Gasteiger partial charge on any atom is 0.368 e. The summed E-state index contributed by atoms with van der Waals surface area (Å²) >= 11 is 0. The third-order valence-corrected chi connectivity index (χ3v) is 9.55. The normalized spacial score (nSPS) is 13.5. The summed E-state index contributed by atoms with van der Waals surface area (Å²) in [4.78, 5) is 0. The lowest BCUT2D eigenvalue weighted by molar-refractivity contribution is 0.131. The first-order valence-corrected chi connectivity index (χ1v) is 12.1. The van der Waals surface area contributed by atoms with Crippen LogP contribution in [0, 0.1) is 87.3 Å². The van der Waals surface area contributed by atoms with Crippen LogP contribution in [0.15, 0.2) is 12.0 Å². The van der Waals surface area contributed by atoms with E-state index in [9.17, 15) is 39.5 Å². The fraction of sp³-hybridized carbons (Fsp3) is 0.0909. The number of rotatable bonds is 5. The van der Waals surface area contributed by atoms with Gasteiger partial charge in [0, 0.05) is 6.42 Å². The van der Waals surface area contributed by atoms with Crippen molar-refractivity contribution in [1.29, 1.82) is 0 Å². The molecule has 18 heteroatoms. The zero-order chi connectivity index (χ0) is 30.0. The van der Waals surface area contributed by atoms with Gasteiger partial charge in [0.1, 0.15) is 0 Å². The minimum Gasteiger partial charge on any atom is -0.505 e. The molecule has 0 bridgehead atoms. The second kappa shape index (κ2) is 9.97. The highest BCUT2D eigenvalue weighted by molar-refractivity contribution is 7.07. The van der Waals surface area contributed by atoms with Gasteiger partial charge < -0.3 is 9.16 Å². The minimum absolute atomic E-state index is 0.300. The average molecular weight is 614 g/mol. The predicted molar refractivity (Wildman–Crippen MR) is 103 cm³/mol. The molecule has 0 saturated carbocycles. The van der Waals surface area contributed by atoms with E-state index in [-0.39, 0.29) is 6.42 Å². The van der Waals surface area contributed by atoms with Crippen molar-refractivity contribution in [2.75, 3.05) is 6.61 Å². The molecular formula is C22H5F15O2Si. The average Bonchev–Trinajstić information content (AvgIpc) is 3.43. The van der Waals surface area contributed by atoms with Gasteiger partial charge in [0.2, 0.25) is 17.5 Å². The van der Waals surface area contributed by atoms with Gasteiger partial charge in [-0.05, 0) is 6.08 Å². The summed E-state index contributed by atoms with van der Waals surface area (Å²) < 4.78 is 228. The third-order valence-electron chi connectivity index (χ3n) is 5.61. The molecule has 0 amide bonds. The van der Waals surface area contributed by atoms with Crippen molar-refractivity contribution in [3.05, 3.63) is 99.3 Å². The maximum atomic E-state index is 15.2. The predicted octanol–water partition coefficient (Wildman–Crippen LogP) is 5.02. The summed E-state index contributed by atoms with van der Waals surface area (Å²) in [5.74, 6) is -47.7. The molecule has 0 aliphatic carbocycles. The Morgan fingerprint density at radius 2 is 0.675 bits per heavy atom. The van der Waals surface area contributed by atoms with E-state index in [4.69, 9.17) is 9.16 Å². The zero-order valence-electron chi connectivity index (χ0n) is 18.5. The number of hydrogen-bond donors (Lipinski definition) is 0. The van der Waals surface area contributed by atoms with E-state index in [1.54, 1.807) is 0 Å². The highest BCUT2D eigenvalue weighted by atomic mass is 28.4. The summed E-state index contributed by atoms with van der Waals surface area (Å²) in [5, 5.41) is -8.40. The van der Waals surface area contributed by atoms with Crippen molar-refractivity contribution in [2.24, 2.45) is 0 Å². The van der Waals surface area contributed by atoms with Gasteiger partial charge in [0.15, 0.2) is 69.8 Å². The number of hydrogen-bond acceptors (Lipinski definition) is 2. The topological polar surface area (TPSA) is 18.5 Å². The lowest BCUT2D eigenvalue weighted by atomic mass is 10.3. The third kappa shape index (κ3) is 3.90. The van der Waals surface area contributed by atoms with Crippen LogP contribution in [0.4, 0.5) is 65.9 Å². The fourth-order valence-corrected chi connectivity index (χ4v) is 7.90. The fourth-order valence-electron chi connectivity index (χ4n) is 3.89. The quantitative estimate of drug-likeness (QED) is 0.132. The smallest absolute Gasteiger partial charge is 0.368 e. The van der Waals surface area contributed by atoms with Crippen molar-refractivity contribution in [3.8, 4) is 0 Å². The lowest BCUT2D eigenvalue weighted by Crippen LogP contribution is -2.75. The molecule has 1 aliphatic heterocycles. The number of ether oxygens (including phenoxy) is 1. The van der Waals surface area contributed by atoms with Crippen LogP contribution < -0.4 is 15.6 Å². The first-order valence-electron chi connectivity index (χ1n) is 10.2. The van der Waals surface area contributed by atoms with Crippen LogP contribution >= 0.6 is 0 Å². The minimum atomic E-state index is -7.40. The van der Waals surface area contributed by atoms with Gasteiger partial charge >= 0.3 is 8.32 Å². The molecule has 0 N–H and O–H groups in total. The highest BCUT2D eigenvalue weighted by Crippen LogP contribution is 2.30. The summed E-state index contributed by atoms with van der Waals surface area (Å²) in [6.07, 6.45) is 0.344. The Balaban J connectivity index is 2.44. The van der Waals surface area contributed by atoms with E-state index >= 15 is 26.3 Å². The van der Waals surface area contributed by atoms with Gasteiger partial charge in [-0.1, -0.05) is 0 Å². The zero-order valence-corrected chi connectivity index (χ0v) is 19.5. The molecule has 0 aromatic heterocycles. The summed E-state index contributed by atoms with van der Waals surface area (Å²) in [5.41, 5.74) is 0. The van der Waals surface area contributed by atoms with Crippen LogP contribution in [-0.2, 0) is 9.16 Å². The molecule has 214 valence electrons. The van der Waals surface area contributed by atoms with Crippen molar-refractivity contribution in [1.82, 2.24) is 0 Å². The highest BCUT2D eigenvalue weighted by Gasteiger charge is 2.60. The van der Waals surface area contributed by atoms with Crippen molar-refractivity contribution in [3.63, 3.8) is 0 Å². The largest absolute Gasteiger partial charge is 0.505 e. The molecule has 1 aliphatic rings. The van der Waals surface area contributed by atoms with Crippen molar-refractivity contribution in [2.45, 2.75) is 6.42 Å². The van der Waals surface area contributed by atoms with Gasteiger partial charge in [0.05, 0.1) is 22.2 Å². The Morgan fingerprint density at radius 1 is 0.425 bits per heavy atom.